The van der Waals surface area contributed by atoms with Crippen molar-refractivity contribution in [3.8, 4) is 11.1 Å². The summed E-state index contributed by atoms with van der Waals surface area (Å²) in [4.78, 5) is 0. The molecule has 4 aromatic rings. The van der Waals surface area contributed by atoms with E-state index < -0.39 is 21.3 Å². The van der Waals surface area contributed by atoms with Gasteiger partial charge in [-0.15, -0.1) is 0 Å². The van der Waals surface area contributed by atoms with Crippen LogP contribution in [0, 0.1) is 5.92 Å². The van der Waals surface area contributed by atoms with Crippen LogP contribution in [0.2, 0.25) is 0 Å². The first-order valence-electron chi connectivity index (χ1n) is 13.8. The topological polar surface area (TPSA) is 0 Å². The van der Waals surface area contributed by atoms with Crippen LogP contribution in [0.3, 0.4) is 0 Å². The summed E-state index contributed by atoms with van der Waals surface area (Å²) < 4.78 is 6.07. The fourth-order valence-electron chi connectivity index (χ4n) is 6.28. The van der Waals surface area contributed by atoms with E-state index in [9.17, 15) is 0 Å². The van der Waals surface area contributed by atoms with Gasteiger partial charge in [0.1, 0.15) is 0 Å². The van der Waals surface area contributed by atoms with Gasteiger partial charge in [0.15, 0.2) is 0 Å². The molecule has 2 aliphatic carbocycles. The van der Waals surface area contributed by atoms with Crippen molar-refractivity contribution in [2.45, 2.75) is 46.5 Å². The molecule has 0 radical (unpaired) electrons. The van der Waals surface area contributed by atoms with Gasteiger partial charge in [-0.2, -0.15) is 0 Å². The van der Waals surface area contributed by atoms with Crippen molar-refractivity contribution < 1.29 is 46.1 Å². The van der Waals surface area contributed by atoms with Crippen LogP contribution >= 0.6 is 0 Å². The molecule has 1 unspecified atom stereocenters. The zero-order valence-corrected chi connectivity index (χ0v) is 27.9. The Morgan fingerprint density at radius 1 is 0.750 bits per heavy atom. The molecule has 4 aromatic carbocycles. The summed E-state index contributed by atoms with van der Waals surface area (Å²) >= 11 is -2.47. The van der Waals surface area contributed by atoms with E-state index in [0.29, 0.717) is 5.92 Å². The maximum Gasteiger partial charge on any atom is -1.00 e. The Bertz CT molecular complexity index is 1620. The Morgan fingerprint density at radius 2 is 1.40 bits per heavy atom. The minimum absolute atomic E-state index is 0. The quantitative estimate of drug-likeness (QED) is 0.283. The molecule has 0 bridgehead atoms. The maximum absolute atomic E-state index is 2.71. The fraction of sp³-hybridized carbons (Fsp3) is 0.216. The molecule has 0 aliphatic heterocycles. The van der Waals surface area contributed by atoms with Crippen LogP contribution in [0.1, 0.15) is 62.4 Å². The van der Waals surface area contributed by atoms with Crippen LogP contribution in [0.5, 0.6) is 0 Å². The van der Waals surface area contributed by atoms with Crippen molar-refractivity contribution in [2.24, 2.45) is 5.92 Å². The first kappa shape index (κ1) is 30.6. The van der Waals surface area contributed by atoms with Crippen molar-refractivity contribution >= 4 is 12.6 Å². The van der Waals surface area contributed by atoms with Crippen LogP contribution in [-0.2, 0) is 33.1 Å². The number of fused-ring (bicyclic) bond motifs is 3. The van der Waals surface area contributed by atoms with E-state index in [1.807, 2.05) is 0 Å². The van der Waals surface area contributed by atoms with E-state index in [0.717, 1.165) is 6.42 Å². The second kappa shape index (κ2) is 12.3. The van der Waals surface area contributed by atoms with E-state index in [1.165, 1.54) is 44.5 Å². The minimum Gasteiger partial charge on any atom is -1.00 e. The molecule has 0 saturated carbocycles. The van der Waals surface area contributed by atoms with Crippen LogP contribution in [0.4, 0.5) is 0 Å². The predicted octanol–water partition coefficient (Wildman–Crippen LogP) is 2.66. The molecule has 0 heterocycles. The summed E-state index contributed by atoms with van der Waals surface area (Å²) in [7, 11) is 0. The molecule has 0 fully saturated rings. The molecule has 1 atom stereocenters. The fourth-order valence-corrected chi connectivity index (χ4v) is 13.8. The third kappa shape index (κ3) is 5.72. The third-order valence-corrected chi connectivity index (χ3v) is 15.9. The number of hydrogen-bond acceptors (Lipinski definition) is 0. The number of allylic oxidation sites excluding steroid dienone is 4. The minimum atomic E-state index is -2.47. The van der Waals surface area contributed by atoms with Gasteiger partial charge in [0, 0.05) is 0 Å². The van der Waals surface area contributed by atoms with Crippen molar-refractivity contribution in [1.29, 1.82) is 0 Å². The van der Waals surface area contributed by atoms with Crippen molar-refractivity contribution in [1.82, 2.24) is 0 Å². The first-order chi connectivity index (χ1) is 18.3. The summed E-state index contributed by atoms with van der Waals surface area (Å²) in [6, 6.07) is 36.5. The number of benzene rings is 4. The average molecular weight is 643 g/mol. The molecule has 6 rings (SSSR count). The number of hydrogen-bond donors (Lipinski definition) is 0. The van der Waals surface area contributed by atoms with E-state index in [4.69, 9.17) is 0 Å². The number of halogens is 2. The summed E-state index contributed by atoms with van der Waals surface area (Å²) in [6.45, 7) is 11.7. The molecule has 0 N–H and O–H groups in total. The van der Waals surface area contributed by atoms with Gasteiger partial charge in [-0.3, -0.25) is 0 Å². The van der Waals surface area contributed by atoms with E-state index in [2.05, 4.69) is 141 Å². The average Bonchev–Trinajstić information content (AvgIpc) is 3.44. The second-order valence-electron chi connectivity index (χ2n) is 11.9. The number of rotatable bonds is 4. The van der Waals surface area contributed by atoms with Gasteiger partial charge < -0.3 is 24.8 Å². The van der Waals surface area contributed by atoms with E-state index >= 15 is 0 Å². The van der Waals surface area contributed by atoms with Crippen LogP contribution in [-0.4, -0.2) is 3.71 Å². The van der Waals surface area contributed by atoms with Gasteiger partial charge in [-0.25, -0.2) is 0 Å². The molecule has 0 saturated heterocycles. The smallest absolute Gasteiger partial charge is 1.00 e. The summed E-state index contributed by atoms with van der Waals surface area (Å²) in [6.07, 6.45) is 3.58. The van der Waals surface area contributed by atoms with Crippen molar-refractivity contribution in [3.05, 3.63) is 140 Å². The normalized spacial score (nSPS) is 15.6. The molecule has 202 valence electrons. The van der Waals surface area contributed by atoms with Crippen LogP contribution in [0.25, 0.3) is 16.7 Å². The Balaban J connectivity index is 0.00000185. The second-order valence-corrected chi connectivity index (χ2v) is 17.3. The molecule has 0 nitrogen and oxygen atoms in total. The Morgan fingerprint density at radius 3 is 2.10 bits per heavy atom. The van der Waals surface area contributed by atoms with Crippen molar-refractivity contribution in [2.75, 3.05) is 0 Å². The molecule has 0 amide bonds. The van der Waals surface area contributed by atoms with Gasteiger partial charge in [-0.05, 0) is 0 Å². The Labute approximate surface area is 260 Å². The SMILES string of the molecule is CC1=[C](/[Zr+2](=[CH]/c2ccc(C(C)(C)C)cc2)[c]2cccc3c2Cc2ccccc2-3)C(C)C=C1c1ccccc1.[Cl-].[Cl-]. The molecule has 40 heavy (non-hydrogen) atoms. The van der Waals surface area contributed by atoms with Crippen molar-refractivity contribution in [3.63, 3.8) is 0 Å². The standard InChI is InChI=1S/C13H9.C13H13.C11H14.2ClH.Zr/c1-3-7-12-10(5-1)9-11-6-2-4-8-13(11)12;1-10-8-11(2)13(9-10)12-6-4-3-5-7-12;1-9-5-7-10(8-6-9)11(2,3)4;;;/h1-5,7-8H,9H2;3-7,9-10H,1-2H3;1,5-8H,2-4H3;2*1H;/q;;;;;+2/p-2. The van der Waals surface area contributed by atoms with Gasteiger partial charge in [0.2, 0.25) is 0 Å². The molecule has 0 spiro atoms. The van der Waals surface area contributed by atoms with Crippen LogP contribution < -0.4 is 28.1 Å². The van der Waals surface area contributed by atoms with E-state index in [1.54, 1.807) is 12.1 Å². The molecule has 0 aromatic heterocycles. The molecule has 2 aliphatic rings. The predicted molar refractivity (Wildman–Crippen MR) is 161 cm³/mol. The zero-order valence-electron chi connectivity index (χ0n) is 23.9. The Kier molecular flexibility index (Phi) is 9.41. The third-order valence-electron chi connectivity index (χ3n) is 8.28. The zero-order chi connectivity index (χ0) is 26.4. The van der Waals surface area contributed by atoms with Gasteiger partial charge >= 0.3 is 237 Å². The summed E-state index contributed by atoms with van der Waals surface area (Å²) in [5.41, 5.74) is 13.1. The van der Waals surface area contributed by atoms with Gasteiger partial charge in [0.05, 0.1) is 0 Å². The monoisotopic (exact) mass is 640 g/mol. The molecule has 3 heteroatoms. The maximum atomic E-state index is 2.71. The first-order valence-corrected chi connectivity index (χ1v) is 17.7. The molecular formula is C37H36Cl2Zr. The Hall–Kier alpha value is -2.31. The van der Waals surface area contributed by atoms with E-state index in [-0.39, 0.29) is 30.2 Å². The van der Waals surface area contributed by atoms with Crippen LogP contribution in [0.15, 0.2) is 112 Å². The summed E-state index contributed by atoms with van der Waals surface area (Å²) in [5.74, 6) is 0.462. The largest absolute Gasteiger partial charge is 1.00 e. The summed E-state index contributed by atoms with van der Waals surface area (Å²) in [5, 5.41) is 0. The van der Waals surface area contributed by atoms with Gasteiger partial charge in [0.25, 0.3) is 0 Å². The van der Waals surface area contributed by atoms with Gasteiger partial charge in [-0.1, -0.05) is 0 Å². The molecular weight excluding hydrogens is 607 g/mol.